The Morgan fingerprint density at radius 1 is 1.38 bits per heavy atom. The Hall–Kier alpha value is -1.08. The molecule has 7 heteroatoms. The minimum Gasteiger partial charge on any atom is -0.458 e. The maximum Gasteiger partial charge on any atom is 0.155 e. The molecule has 0 spiro atoms. The molecule has 3 rings (SSSR count). The van der Waals surface area contributed by atoms with E-state index >= 15 is 0 Å². The molecule has 1 aliphatic rings. The topological polar surface area (TPSA) is 85.3 Å². The van der Waals surface area contributed by atoms with Gasteiger partial charge in [-0.2, -0.15) is 0 Å². The zero-order valence-electron chi connectivity index (χ0n) is 11.4. The zero-order chi connectivity index (χ0) is 15.0. The van der Waals surface area contributed by atoms with Crippen LogP contribution in [0.2, 0.25) is 5.02 Å². The summed E-state index contributed by atoms with van der Waals surface area (Å²) in [6.07, 6.45) is 2.17. The fourth-order valence-electron chi connectivity index (χ4n) is 2.93. The number of furan rings is 1. The van der Waals surface area contributed by atoms with Crippen LogP contribution in [0.1, 0.15) is 31.1 Å². The standard InChI is InChI=1S/C14H17ClN2O3S/c15-10-5-3-4-9-8-11(20-14(9)10)13(17-16)12-6-1-2-7-21(12,18)19/h3-5,8,12-13,17H,1-2,6-7,16H2. The van der Waals surface area contributed by atoms with Crippen LogP contribution in [-0.2, 0) is 9.84 Å². The molecule has 1 aromatic heterocycles. The van der Waals surface area contributed by atoms with E-state index in [2.05, 4.69) is 5.43 Å². The average Bonchev–Trinajstić information content (AvgIpc) is 2.86. The maximum atomic E-state index is 12.3. The second-order valence-electron chi connectivity index (χ2n) is 5.35. The van der Waals surface area contributed by atoms with Crippen LogP contribution in [0.5, 0.6) is 0 Å². The van der Waals surface area contributed by atoms with Gasteiger partial charge in [-0.05, 0) is 25.0 Å². The lowest BCUT2D eigenvalue weighted by molar-refractivity contribution is 0.393. The number of hydrogen-bond acceptors (Lipinski definition) is 5. The minimum absolute atomic E-state index is 0.205. The number of halogens is 1. The van der Waals surface area contributed by atoms with E-state index in [0.29, 0.717) is 29.2 Å². The first kappa shape index (κ1) is 14.8. The largest absolute Gasteiger partial charge is 0.458 e. The summed E-state index contributed by atoms with van der Waals surface area (Å²) in [6.45, 7) is 0. The van der Waals surface area contributed by atoms with Gasteiger partial charge in [0, 0.05) is 5.39 Å². The normalized spacial score (nSPS) is 23.2. The van der Waals surface area contributed by atoms with Gasteiger partial charge >= 0.3 is 0 Å². The van der Waals surface area contributed by atoms with Crippen LogP contribution in [0.25, 0.3) is 11.0 Å². The number of para-hydroxylation sites is 1. The Balaban J connectivity index is 2.03. The summed E-state index contributed by atoms with van der Waals surface area (Å²) in [4.78, 5) is 0. The van der Waals surface area contributed by atoms with Crippen molar-refractivity contribution in [1.29, 1.82) is 0 Å². The van der Waals surface area contributed by atoms with Crippen molar-refractivity contribution >= 4 is 32.4 Å². The first-order chi connectivity index (χ1) is 10.0. The Morgan fingerprint density at radius 3 is 2.86 bits per heavy atom. The number of nitrogens with two attached hydrogens (primary N) is 1. The lowest BCUT2D eigenvalue weighted by Crippen LogP contribution is -2.43. The third kappa shape index (κ3) is 2.68. The summed E-state index contributed by atoms with van der Waals surface area (Å²) in [5.41, 5.74) is 3.17. The van der Waals surface area contributed by atoms with E-state index in [-0.39, 0.29) is 5.75 Å². The molecule has 2 unspecified atom stereocenters. The van der Waals surface area contributed by atoms with Gasteiger partial charge < -0.3 is 4.42 Å². The Labute approximate surface area is 128 Å². The second-order valence-corrected chi connectivity index (χ2v) is 8.10. The van der Waals surface area contributed by atoms with E-state index in [4.69, 9.17) is 21.9 Å². The minimum atomic E-state index is -3.17. The van der Waals surface area contributed by atoms with E-state index in [9.17, 15) is 8.42 Å². The Kier molecular flexibility index (Phi) is 3.96. The van der Waals surface area contributed by atoms with Crippen molar-refractivity contribution in [1.82, 2.24) is 5.43 Å². The van der Waals surface area contributed by atoms with Gasteiger partial charge in [0.25, 0.3) is 0 Å². The van der Waals surface area contributed by atoms with Gasteiger partial charge in [0.15, 0.2) is 15.4 Å². The summed E-state index contributed by atoms with van der Waals surface area (Å²) < 4.78 is 30.3. The number of fused-ring (bicyclic) bond motifs is 1. The molecule has 5 nitrogen and oxygen atoms in total. The summed E-state index contributed by atoms with van der Waals surface area (Å²) >= 11 is 6.10. The molecule has 2 aromatic rings. The van der Waals surface area contributed by atoms with E-state index in [1.165, 1.54) is 0 Å². The first-order valence-corrected chi connectivity index (χ1v) is 8.98. The van der Waals surface area contributed by atoms with Crippen molar-refractivity contribution < 1.29 is 12.8 Å². The highest BCUT2D eigenvalue weighted by Gasteiger charge is 2.37. The molecule has 2 atom stereocenters. The van der Waals surface area contributed by atoms with Crippen LogP contribution in [0.4, 0.5) is 0 Å². The van der Waals surface area contributed by atoms with Crippen molar-refractivity contribution in [2.45, 2.75) is 30.6 Å². The highest BCUT2D eigenvalue weighted by molar-refractivity contribution is 7.92. The predicted octanol–water partition coefficient (Wildman–Crippen LogP) is 2.56. The zero-order valence-corrected chi connectivity index (χ0v) is 13.0. The maximum absolute atomic E-state index is 12.3. The van der Waals surface area contributed by atoms with Crippen LogP contribution in [0.15, 0.2) is 28.7 Å². The van der Waals surface area contributed by atoms with Crippen molar-refractivity contribution in [2.75, 3.05) is 5.75 Å². The molecular weight excluding hydrogens is 312 g/mol. The SMILES string of the molecule is NNC(c1cc2cccc(Cl)c2o1)C1CCCCS1(=O)=O. The number of hydrogen-bond donors (Lipinski definition) is 2. The molecule has 3 N–H and O–H groups in total. The number of benzene rings is 1. The molecule has 0 bridgehead atoms. The number of nitrogens with one attached hydrogen (secondary N) is 1. The molecule has 1 saturated heterocycles. The summed E-state index contributed by atoms with van der Waals surface area (Å²) in [7, 11) is -3.17. The number of rotatable bonds is 3. The van der Waals surface area contributed by atoms with Crippen LogP contribution in [0.3, 0.4) is 0 Å². The molecule has 0 aliphatic carbocycles. The van der Waals surface area contributed by atoms with E-state index in [0.717, 1.165) is 11.8 Å². The van der Waals surface area contributed by atoms with Gasteiger partial charge in [-0.1, -0.05) is 30.2 Å². The second kappa shape index (κ2) is 5.61. The van der Waals surface area contributed by atoms with Crippen LogP contribution < -0.4 is 11.3 Å². The molecule has 114 valence electrons. The third-order valence-corrected chi connectivity index (χ3v) is 6.59. The third-order valence-electron chi connectivity index (χ3n) is 4.00. The van der Waals surface area contributed by atoms with Crippen LogP contribution in [-0.4, -0.2) is 19.4 Å². The molecule has 0 amide bonds. The van der Waals surface area contributed by atoms with Gasteiger partial charge in [-0.25, -0.2) is 13.8 Å². The number of hydrazine groups is 1. The Morgan fingerprint density at radius 2 is 2.19 bits per heavy atom. The van der Waals surface area contributed by atoms with Crippen molar-refractivity contribution in [3.05, 3.63) is 35.0 Å². The molecule has 0 radical (unpaired) electrons. The van der Waals surface area contributed by atoms with Crippen molar-refractivity contribution in [3.8, 4) is 0 Å². The van der Waals surface area contributed by atoms with Gasteiger partial charge in [0.2, 0.25) is 0 Å². The molecule has 21 heavy (non-hydrogen) atoms. The van der Waals surface area contributed by atoms with Crippen LogP contribution in [0, 0.1) is 0 Å². The summed E-state index contributed by atoms with van der Waals surface area (Å²) in [6, 6.07) is 6.68. The molecule has 0 saturated carbocycles. The van der Waals surface area contributed by atoms with Crippen LogP contribution >= 0.6 is 11.6 Å². The van der Waals surface area contributed by atoms with E-state index in [1.807, 2.05) is 12.1 Å². The fraction of sp³-hybridized carbons (Fsp3) is 0.429. The van der Waals surface area contributed by atoms with E-state index in [1.54, 1.807) is 12.1 Å². The smallest absolute Gasteiger partial charge is 0.155 e. The monoisotopic (exact) mass is 328 g/mol. The Bertz CT molecular complexity index is 757. The first-order valence-electron chi connectivity index (χ1n) is 6.88. The number of sulfone groups is 1. The molecular formula is C14H17ClN2O3S. The molecule has 1 aromatic carbocycles. The van der Waals surface area contributed by atoms with Crippen molar-refractivity contribution in [3.63, 3.8) is 0 Å². The summed E-state index contributed by atoms with van der Waals surface area (Å²) in [5.74, 6) is 6.32. The molecule has 2 heterocycles. The lowest BCUT2D eigenvalue weighted by atomic mass is 10.1. The van der Waals surface area contributed by atoms with Gasteiger partial charge in [-0.3, -0.25) is 5.84 Å². The highest BCUT2D eigenvalue weighted by Crippen LogP contribution is 2.35. The lowest BCUT2D eigenvalue weighted by Gasteiger charge is -2.28. The quantitative estimate of drug-likeness (QED) is 0.668. The van der Waals surface area contributed by atoms with Gasteiger partial charge in [-0.15, -0.1) is 0 Å². The van der Waals surface area contributed by atoms with Gasteiger partial charge in [0.05, 0.1) is 22.1 Å². The van der Waals surface area contributed by atoms with E-state index < -0.39 is 21.1 Å². The molecule has 1 fully saturated rings. The molecule has 1 aliphatic heterocycles. The fourth-order valence-corrected chi connectivity index (χ4v) is 5.21. The van der Waals surface area contributed by atoms with Crippen molar-refractivity contribution in [2.24, 2.45) is 5.84 Å². The summed E-state index contributed by atoms with van der Waals surface area (Å²) in [5, 5.41) is 0.780. The predicted molar refractivity (Wildman–Crippen MR) is 82.7 cm³/mol. The highest BCUT2D eigenvalue weighted by atomic mass is 35.5. The average molecular weight is 329 g/mol. The van der Waals surface area contributed by atoms with Gasteiger partial charge in [0.1, 0.15) is 5.76 Å².